The number of carbonyl (C=O) groups is 2. The molecule has 1 atom stereocenters. The minimum absolute atomic E-state index is 0.00277. The summed E-state index contributed by atoms with van der Waals surface area (Å²) in [6, 6.07) is 27.4. The van der Waals surface area contributed by atoms with Crippen molar-refractivity contribution >= 4 is 39.5 Å². The highest BCUT2D eigenvalue weighted by molar-refractivity contribution is 7.17. The Hall–Kier alpha value is -4.62. The SMILES string of the molecule is Cc1nc(-c2ccccc2)sc1C(=O)C1=C(O)C(=O)N(c2cccc3ccccc23)C1c1ccccn1. The average Bonchev–Trinajstić information content (AvgIpc) is 3.46. The number of aryl methyl sites for hydroxylation is 1. The van der Waals surface area contributed by atoms with Crippen LogP contribution < -0.4 is 4.90 Å². The third kappa shape index (κ3) is 3.80. The van der Waals surface area contributed by atoms with Gasteiger partial charge in [0, 0.05) is 17.1 Å². The van der Waals surface area contributed by atoms with Gasteiger partial charge in [-0.05, 0) is 30.5 Å². The lowest BCUT2D eigenvalue weighted by Gasteiger charge is -2.27. The summed E-state index contributed by atoms with van der Waals surface area (Å²) in [5, 5.41) is 13.6. The highest BCUT2D eigenvalue weighted by Gasteiger charge is 2.46. The maximum Gasteiger partial charge on any atom is 0.294 e. The Morgan fingerprint density at radius 3 is 2.43 bits per heavy atom. The predicted octanol–water partition coefficient (Wildman–Crippen LogP) is 6.45. The first kappa shape index (κ1) is 22.8. The maximum atomic E-state index is 14.0. The number of carbonyl (C=O) groups excluding carboxylic acids is 2. The summed E-state index contributed by atoms with van der Waals surface area (Å²) in [6.45, 7) is 1.77. The Bertz CT molecular complexity index is 1690. The number of anilines is 1. The van der Waals surface area contributed by atoms with Crippen molar-refractivity contribution in [3.05, 3.63) is 125 Å². The Kier molecular flexibility index (Phi) is 5.62. The largest absolute Gasteiger partial charge is 0.503 e. The first-order valence-corrected chi connectivity index (χ1v) is 12.6. The van der Waals surface area contributed by atoms with Crippen LogP contribution in [0.5, 0.6) is 0 Å². The lowest BCUT2D eigenvalue weighted by Crippen LogP contribution is -2.31. The van der Waals surface area contributed by atoms with Gasteiger partial charge in [0.1, 0.15) is 11.0 Å². The zero-order valence-corrected chi connectivity index (χ0v) is 20.6. The van der Waals surface area contributed by atoms with Gasteiger partial charge in [0.25, 0.3) is 5.91 Å². The molecule has 7 heteroatoms. The number of fused-ring (bicyclic) bond motifs is 1. The van der Waals surface area contributed by atoms with Crippen molar-refractivity contribution in [3.8, 4) is 10.6 Å². The summed E-state index contributed by atoms with van der Waals surface area (Å²) in [5.74, 6) is -1.63. The van der Waals surface area contributed by atoms with Crippen molar-refractivity contribution in [2.75, 3.05) is 4.90 Å². The average molecular weight is 504 g/mol. The van der Waals surface area contributed by atoms with Gasteiger partial charge in [-0.25, -0.2) is 4.98 Å². The monoisotopic (exact) mass is 503 g/mol. The number of Topliss-reactive ketones (excluding diaryl/α,β-unsaturated/α-hetero) is 1. The Labute approximate surface area is 217 Å². The van der Waals surface area contributed by atoms with Crippen molar-refractivity contribution in [3.63, 3.8) is 0 Å². The normalized spacial score (nSPS) is 15.5. The number of rotatable bonds is 5. The molecule has 1 aliphatic heterocycles. The molecule has 180 valence electrons. The molecule has 37 heavy (non-hydrogen) atoms. The maximum absolute atomic E-state index is 14.0. The number of amides is 1. The molecule has 0 radical (unpaired) electrons. The van der Waals surface area contributed by atoms with Crippen molar-refractivity contribution in [2.45, 2.75) is 13.0 Å². The number of nitrogens with zero attached hydrogens (tertiary/aromatic N) is 3. The van der Waals surface area contributed by atoms with E-state index in [4.69, 9.17) is 0 Å². The number of benzene rings is 3. The van der Waals surface area contributed by atoms with Crippen LogP contribution in [0.15, 0.2) is 109 Å². The fraction of sp³-hybridized carbons (Fsp3) is 0.0667. The van der Waals surface area contributed by atoms with E-state index in [0.29, 0.717) is 27.0 Å². The second-order valence-electron chi connectivity index (χ2n) is 8.72. The number of aliphatic hydroxyl groups excluding tert-OH is 1. The van der Waals surface area contributed by atoms with E-state index in [0.717, 1.165) is 16.3 Å². The molecular weight excluding hydrogens is 482 g/mol. The molecule has 5 aromatic rings. The van der Waals surface area contributed by atoms with E-state index in [9.17, 15) is 14.7 Å². The van der Waals surface area contributed by atoms with Gasteiger partial charge >= 0.3 is 0 Å². The lowest BCUT2D eigenvalue weighted by atomic mass is 9.97. The number of thiazole rings is 1. The van der Waals surface area contributed by atoms with Gasteiger partial charge in [-0.3, -0.25) is 19.5 Å². The van der Waals surface area contributed by atoms with Crippen LogP contribution in [-0.4, -0.2) is 26.8 Å². The van der Waals surface area contributed by atoms with Crippen LogP contribution in [0, 0.1) is 6.92 Å². The van der Waals surface area contributed by atoms with Crippen molar-refractivity contribution in [1.29, 1.82) is 0 Å². The topological polar surface area (TPSA) is 83.4 Å². The zero-order valence-electron chi connectivity index (χ0n) is 19.8. The Balaban J connectivity index is 1.51. The van der Waals surface area contributed by atoms with E-state index in [1.807, 2.05) is 72.8 Å². The molecule has 1 unspecified atom stereocenters. The van der Waals surface area contributed by atoms with Gasteiger partial charge in [0.15, 0.2) is 5.76 Å². The predicted molar refractivity (Wildman–Crippen MR) is 145 cm³/mol. The summed E-state index contributed by atoms with van der Waals surface area (Å²) in [5.41, 5.74) is 2.53. The van der Waals surface area contributed by atoms with Crippen LogP contribution in [0.3, 0.4) is 0 Å². The molecule has 0 fully saturated rings. The van der Waals surface area contributed by atoms with Crippen LogP contribution >= 0.6 is 11.3 Å². The highest BCUT2D eigenvalue weighted by atomic mass is 32.1. The summed E-state index contributed by atoms with van der Waals surface area (Å²) in [4.78, 5) is 38.6. The fourth-order valence-electron chi connectivity index (χ4n) is 4.76. The Morgan fingerprint density at radius 2 is 1.65 bits per heavy atom. The quantitative estimate of drug-likeness (QED) is 0.279. The number of pyridine rings is 1. The van der Waals surface area contributed by atoms with Crippen LogP contribution in [0.25, 0.3) is 21.3 Å². The van der Waals surface area contributed by atoms with E-state index in [1.54, 1.807) is 31.3 Å². The fourth-order valence-corrected chi connectivity index (χ4v) is 5.78. The third-order valence-electron chi connectivity index (χ3n) is 6.47. The minimum Gasteiger partial charge on any atom is -0.503 e. The molecule has 1 amide bonds. The van der Waals surface area contributed by atoms with Gasteiger partial charge in [-0.2, -0.15) is 0 Å². The molecule has 0 saturated carbocycles. The van der Waals surface area contributed by atoms with Gasteiger partial charge in [-0.15, -0.1) is 11.3 Å². The smallest absolute Gasteiger partial charge is 0.294 e. The first-order valence-electron chi connectivity index (χ1n) is 11.8. The van der Waals surface area contributed by atoms with Gasteiger partial charge < -0.3 is 5.11 Å². The molecule has 6 nitrogen and oxygen atoms in total. The summed E-state index contributed by atoms with van der Waals surface area (Å²) in [7, 11) is 0. The van der Waals surface area contributed by atoms with Gasteiger partial charge in [0.05, 0.1) is 27.5 Å². The number of ketones is 1. The van der Waals surface area contributed by atoms with E-state index in [-0.39, 0.29) is 5.57 Å². The summed E-state index contributed by atoms with van der Waals surface area (Å²) < 4.78 is 0. The van der Waals surface area contributed by atoms with E-state index in [1.165, 1.54) is 16.2 Å². The number of aliphatic hydroxyl groups is 1. The van der Waals surface area contributed by atoms with Crippen molar-refractivity contribution in [2.24, 2.45) is 0 Å². The molecule has 0 aliphatic carbocycles. The molecular formula is C30H21N3O3S. The number of aromatic nitrogens is 2. The number of hydrogen-bond donors (Lipinski definition) is 1. The summed E-state index contributed by atoms with van der Waals surface area (Å²) in [6.07, 6.45) is 1.62. The standard InChI is InChI=1S/C30H21N3O3S/c1-18-28(37-29(32-18)20-11-3-2-4-12-20)26(34)24-25(22-15-7-8-17-31-22)33(30(36)27(24)35)23-16-9-13-19-10-5-6-14-21(19)23/h2-17,25,35H,1H3. The lowest BCUT2D eigenvalue weighted by molar-refractivity contribution is -0.117. The molecule has 1 N–H and O–H groups in total. The number of hydrogen-bond acceptors (Lipinski definition) is 6. The second-order valence-corrected chi connectivity index (χ2v) is 9.72. The van der Waals surface area contributed by atoms with Crippen molar-refractivity contribution < 1.29 is 14.7 Å². The first-order chi connectivity index (χ1) is 18.0. The second kappa shape index (κ2) is 9.11. The van der Waals surface area contributed by atoms with Crippen LogP contribution in [0.1, 0.15) is 27.1 Å². The molecule has 0 bridgehead atoms. The van der Waals surface area contributed by atoms with Gasteiger partial charge in [0.2, 0.25) is 5.78 Å². The van der Waals surface area contributed by atoms with E-state index in [2.05, 4.69) is 9.97 Å². The van der Waals surface area contributed by atoms with Gasteiger partial charge in [-0.1, -0.05) is 72.8 Å². The van der Waals surface area contributed by atoms with Crippen LogP contribution in [0.2, 0.25) is 0 Å². The molecule has 0 saturated heterocycles. The third-order valence-corrected chi connectivity index (χ3v) is 7.68. The molecule has 3 aromatic carbocycles. The highest BCUT2D eigenvalue weighted by Crippen LogP contribution is 2.44. The molecule has 0 spiro atoms. The van der Waals surface area contributed by atoms with Crippen molar-refractivity contribution in [1.82, 2.24) is 9.97 Å². The van der Waals surface area contributed by atoms with E-state index < -0.39 is 23.5 Å². The molecule has 1 aliphatic rings. The zero-order chi connectivity index (χ0) is 25.5. The van der Waals surface area contributed by atoms with E-state index >= 15 is 0 Å². The molecule has 6 rings (SSSR count). The van der Waals surface area contributed by atoms with Crippen LogP contribution in [0.4, 0.5) is 5.69 Å². The minimum atomic E-state index is -0.895. The Morgan fingerprint density at radius 1 is 0.919 bits per heavy atom. The van der Waals surface area contributed by atoms with Crippen LogP contribution in [-0.2, 0) is 4.79 Å². The molecule has 2 aromatic heterocycles. The summed E-state index contributed by atoms with van der Waals surface area (Å²) >= 11 is 1.25. The molecule has 3 heterocycles.